The number of anilines is 1. The summed E-state index contributed by atoms with van der Waals surface area (Å²) in [7, 11) is 0. The Labute approximate surface area is 151 Å². The van der Waals surface area contributed by atoms with Gasteiger partial charge in [0.2, 0.25) is 0 Å². The van der Waals surface area contributed by atoms with Crippen molar-refractivity contribution in [2.75, 3.05) is 24.6 Å². The van der Waals surface area contributed by atoms with Gasteiger partial charge < -0.3 is 15.0 Å². The van der Waals surface area contributed by atoms with E-state index in [-0.39, 0.29) is 10.6 Å². The van der Waals surface area contributed by atoms with E-state index in [2.05, 4.69) is 32.5 Å². The minimum Gasteiger partial charge on any atom is -0.493 e. The Bertz CT molecular complexity index is 810. The van der Waals surface area contributed by atoms with Crippen LogP contribution in [-0.4, -0.2) is 42.0 Å². The summed E-state index contributed by atoms with van der Waals surface area (Å²) >= 11 is 6.13. The summed E-state index contributed by atoms with van der Waals surface area (Å²) in [5.41, 5.74) is 1.63. The lowest BCUT2D eigenvalue weighted by molar-refractivity contribution is 0.294. The molecule has 0 bridgehead atoms. The zero-order valence-corrected chi connectivity index (χ0v) is 14.6. The van der Waals surface area contributed by atoms with Gasteiger partial charge in [-0.2, -0.15) is 5.10 Å². The van der Waals surface area contributed by atoms with Gasteiger partial charge in [-0.15, -0.1) is 0 Å². The van der Waals surface area contributed by atoms with Crippen LogP contribution in [0.3, 0.4) is 0 Å². The third-order valence-corrected chi connectivity index (χ3v) is 5.31. The van der Waals surface area contributed by atoms with E-state index in [1.54, 1.807) is 6.20 Å². The van der Waals surface area contributed by atoms with Crippen LogP contribution in [0.25, 0.3) is 0 Å². The summed E-state index contributed by atoms with van der Waals surface area (Å²) in [6, 6.07) is 9.01. The molecule has 2 N–H and O–H groups in total. The van der Waals surface area contributed by atoms with Crippen LogP contribution in [0.15, 0.2) is 35.3 Å². The molecule has 2 aromatic rings. The standard InChI is InChI=1S/C18H21ClN4O2/c19-17-15(10-20-22-18(17)24)23-7-5-14(11-23)21-13-6-8-25-16-4-2-1-3-12(16)9-13/h1-4,10,13-14,21H,5-9,11H2,(H,22,24). The smallest absolute Gasteiger partial charge is 0.285 e. The molecule has 0 spiro atoms. The molecule has 2 atom stereocenters. The molecule has 3 heterocycles. The molecule has 25 heavy (non-hydrogen) atoms. The normalized spacial score (nSPS) is 23.0. The highest BCUT2D eigenvalue weighted by Crippen LogP contribution is 2.27. The average molecular weight is 361 g/mol. The molecular weight excluding hydrogens is 340 g/mol. The second kappa shape index (κ2) is 7.06. The number of hydrogen-bond donors (Lipinski definition) is 2. The van der Waals surface area contributed by atoms with Gasteiger partial charge in [-0.25, -0.2) is 5.10 Å². The Morgan fingerprint density at radius 3 is 3.08 bits per heavy atom. The van der Waals surface area contributed by atoms with Crippen LogP contribution in [0.1, 0.15) is 18.4 Å². The molecule has 7 heteroatoms. The second-order valence-corrected chi connectivity index (χ2v) is 7.02. The summed E-state index contributed by atoms with van der Waals surface area (Å²) in [6.07, 6.45) is 4.60. The summed E-state index contributed by atoms with van der Waals surface area (Å²) in [6.45, 7) is 2.42. The molecule has 2 aliphatic heterocycles. The SMILES string of the molecule is O=c1[nH]ncc(N2CCC(NC3CCOc4ccccc4C3)C2)c1Cl. The highest BCUT2D eigenvalue weighted by molar-refractivity contribution is 6.33. The molecule has 132 valence electrons. The number of benzene rings is 1. The molecule has 0 amide bonds. The van der Waals surface area contributed by atoms with Crippen LogP contribution in [0.5, 0.6) is 5.75 Å². The van der Waals surface area contributed by atoms with Crippen LogP contribution < -0.4 is 20.5 Å². The minimum atomic E-state index is -0.340. The molecule has 0 aliphatic carbocycles. The Morgan fingerprint density at radius 1 is 1.28 bits per heavy atom. The molecule has 1 aromatic carbocycles. The van der Waals surface area contributed by atoms with Gasteiger partial charge in [-0.3, -0.25) is 4.79 Å². The Balaban J connectivity index is 1.41. The molecule has 1 fully saturated rings. The van der Waals surface area contributed by atoms with E-state index in [0.29, 0.717) is 17.8 Å². The molecule has 2 unspecified atom stereocenters. The van der Waals surface area contributed by atoms with Gasteiger partial charge in [0.1, 0.15) is 10.8 Å². The van der Waals surface area contributed by atoms with E-state index in [9.17, 15) is 4.79 Å². The van der Waals surface area contributed by atoms with E-state index in [0.717, 1.165) is 44.7 Å². The largest absolute Gasteiger partial charge is 0.493 e. The third-order valence-electron chi connectivity index (χ3n) is 4.94. The van der Waals surface area contributed by atoms with Crippen LogP contribution in [0, 0.1) is 0 Å². The summed E-state index contributed by atoms with van der Waals surface area (Å²) in [5, 5.41) is 10.2. The van der Waals surface area contributed by atoms with Crippen LogP contribution in [-0.2, 0) is 6.42 Å². The zero-order chi connectivity index (χ0) is 17.2. The van der Waals surface area contributed by atoms with E-state index in [4.69, 9.17) is 16.3 Å². The molecule has 6 nitrogen and oxygen atoms in total. The third kappa shape index (κ3) is 3.50. The van der Waals surface area contributed by atoms with E-state index in [1.165, 1.54) is 5.56 Å². The maximum absolute atomic E-state index is 11.6. The van der Waals surface area contributed by atoms with Crippen molar-refractivity contribution >= 4 is 17.3 Å². The van der Waals surface area contributed by atoms with Crippen molar-refractivity contribution in [3.8, 4) is 5.75 Å². The zero-order valence-electron chi connectivity index (χ0n) is 13.9. The summed E-state index contributed by atoms with van der Waals surface area (Å²) in [5.74, 6) is 1.00. The van der Waals surface area contributed by atoms with Crippen LogP contribution in [0.4, 0.5) is 5.69 Å². The quantitative estimate of drug-likeness (QED) is 0.876. The van der Waals surface area contributed by atoms with Crippen LogP contribution >= 0.6 is 11.6 Å². The first-order valence-electron chi connectivity index (χ1n) is 8.65. The lowest BCUT2D eigenvalue weighted by Crippen LogP contribution is -2.41. The van der Waals surface area contributed by atoms with Gasteiger partial charge in [-0.1, -0.05) is 29.8 Å². The van der Waals surface area contributed by atoms with E-state index >= 15 is 0 Å². The number of H-pyrrole nitrogens is 1. The number of halogens is 1. The van der Waals surface area contributed by atoms with Crippen LogP contribution in [0.2, 0.25) is 5.02 Å². The number of aromatic amines is 1. The number of nitrogens with zero attached hydrogens (tertiary/aromatic N) is 2. The lowest BCUT2D eigenvalue weighted by atomic mass is 10.0. The fraction of sp³-hybridized carbons (Fsp3) is 0.444. The number of nitrogens with one attached hydrogen (secondary N) is 2. The van der Waals surface area contributed by atoms with Crippen molar-refractivity contribution in [1.82, 2.24) is 15.5 Å². The van der Waals surface area contributed by atoms with Gasteiger partial charge in [0.25, 0.3) is 5.56 Å². The fourth-order valence-electron chi connectivity index (χ4n) is 3.68. The maximum atomic E-state index is 11.6. The number of para-hydroxylation sites is 1. The van der Waals surface area contributed by atoms with Gasteiger partial charge in [0.05, 0.1) is 18.5 Å². The van der Waals surface area contributed by atoms with Crippen molar-refractivity contribution in [2.24, 2.45) is 0 Å². The monoisotopic (exact) mass is 360 g/mol. The molecule has 0 radical (unpaired) electrons. The van der Waals surface area contributed by atoms with E-state index in [1.807, 2.05) is 12.1 Å². The minimum absolute atomic E-state index is 0.215. The molecule has 1 aromatic heterocycles. The van der Waals surface area contributed by atoms with Crippen molar-refractivity contribution in [2.45, 2.75) is 31.3 Å². The second-order valence-electron chi connectivity index (χ2n) is 6.64. The molecule has 2 aliphatic rings. The highest BCUT2D eigenvalue weighted by Gasteiger charge is 2.28. The molecule has 4 rings (SSSR count). The number of aromatic nitrogens is 2. The number of rotatable bonds is 3. The van der Waals surface area contributed by atoms with Gasteiger partial charge >= 0.3 is 0 Å². The van der Waals surface area contributed by atoms with Crippen molar-refractivity contribution in [3.05, 3.63) is 51.4 Å². The topological polar surface area (TPSA) is 70.2 Å². The molecule has 0 saturated carbocycles. The van der Waals surface area contributed by atoms with Gasteiger partial charge in [0, 0.05) is 25.2 Å². The first-order valence-corrected chi connectivity index (χ1v) is 9.03. The molecule has 1 saturated heterocycles. The average Bonchev–Trinajstić information content (AvgIpc) is 2.96. The summed E-state index contributed by atoms with van der Waals surface area (Å²) < 4.78 is 5.85. The van der Waals surface area contributed by atoms with Gasteiger partial charge in [0.15, 0.2) is 0 Å². The number of ether oxygens (including phenoxy) is 1. The Morgan fingerprint density at radius 2 is 2.16 bits per heavy atom. The summed E-state index contributed by atoms with van der Waals surface area (Å²) in [4.78, 5) is 13.8. The first-order chi connectivity index (χ1) is 12.2. The predicted octanol–water partition coefficient (Wildman–Crippen LogP) is 1.99. The van der Waals surface area contributed by atoms with Crippen molar-refractivity contribution in [3.63, 3.8) is 0 Å². The predicted molar refractivity (Wildman–Crippen MR) is 97.7 cm³/mol. The van der Waals surface area contributed by atoms with Crippen molar-refractivity contribution < 1.29 is 4.74 Å². The Hall–Kier alpha value is -2.05. The maximum Gasteiger partial charge on any atom is 0.285 e. The van der Waals surface area contributed by atoms with E-state index < -0.39 is 0 Å². The lowest BCUT2D eigenvalue weighted by Gasteiger charge is -2.23. The van der Waals surface area contributed by atoms with Crippen molar-refractivity contribution in [1.29, 1.82) is 0 Å². The highest BCUT2D eigenvalue weighted by atomic mass is 35.5. The number of hydrogen-bond acceptors (Lipinski definition) is 5. The first kappa shape index (κ1) is 16.4. The number of fused-ring (bicyclic) bond motifs is 1. The fourth-order valence-corrected chi connectivity index (χ4v) is 3.89. The Kier molecular flexibility index (Phi) is 4.63. The van der Waals surface area contributed by atoms with Gasteiger partial charge in [-0.05, 0) is 30.9 Å². The molecular formula is C18H21ClN4O2.